The van der Waals surface area contributed by atoms with Gasteiger partial charge in [-0.3, -0.25) is 4.79 Å². The van der Waals surface area contributed by atoms with E-state index >= 15 is 0 Å². The Kier molecular flexibility index (Phi) is 7.50. The molecule has 0 atom stereocenters. The topological polar surface area (TPSA) is 59.9 Å². The van der Waals surface area contributed by atoms with Crippen molar-refractivity contribution < 1.29 is 14.3 Å². The molecule has 0 heterocycles. The fourth-order valence-electron chi connectivity index (χ4n) is 2.36. The zero-order chi connectivity index (χ0) is 20.5. The van der Waals surface area contributed by atoms with E-state index < -0.39 is 5.91 Å². The van der Waals surface area contributed by atoms with Crippen LogP contribution in [-0.2, 0) is 11.4 Å². The van der Waals surface area contributed by atoms with Crippen molar-refractivity contribution >= 4 is 35.3 Å². The van der Waals surface area contributed by atoms with Crippen LogP contribution in [0, 0.1) is 0 Å². The predicted octanol–water partition coefficient (Wildman–Crippen LogP) is 5.10. The third-order valence-corrected chi connectivity index (χ3v) is 4.48. The molecule has 7 heteroatoms. The number of nitrogens with zero attached hydrogens (tertiary/aromatic N) is 1. The molecule has 148 valence electrons. The lowest BCUT2D eigenvalue weighted by atomic mass is 10.2. The molecule has 0 radical (unpaired) electrons. The second-order valence-corrected chi connectivity index (χ2v) is 6.78. The summed E-state index contributed by atoms with van der Waals surface area (Å²) in [6.07, 6.45) is 1.39. The Labute approximate surface area is 178 Å². The summed E-state index contributed by atoms with van der Waals surface area (Å²) in [6.45, 7) is 0.300. The number of rotatable bonds is 8. The van der Waals surface area contributed by atoms with Gasteiger partial charge in [-0.1, -0.05) is 59.6 Å². The Morgan fingerprint density at radius 2 is 1.48 bits per heavy atom. The fourth-order valence-corrected chi connectivity index (χ4v) is 2.85. The molecule has 5 nitrogen and oxygen atoms in total. The summed E-state index contributed by atoms with van der Waals surface area (Å²) in [4.78, 5) is 11.9. The molecule has 0 saturated carbocycles. The van der Waals surface area contributed by atoms with Gasteiger partial charge in [-0.05, 0) is 42.0 Å². The van der Waals surface area contributed by atoms with Crippen LogP contribution in [-0.4, -0.2) is 18.7 Å². The van der Waals surface area contributed by atoms with Gasteiger partial charge in [-0.2, -0.15) is 5.10 Å². The molecule has 0 aliphatic carbocycles. The van der Waals surface area contributed by atoms with Gasteiger partial charge in [-0.25, -0.2) is 5.43 Å². The molecule has 0 unspecified atom stereocenters. The summed E-state index contributed by atoms with van der Waals surface area (Å²) in [5.74, 6) is 0.853. The molecule has 1 N–H and O–H groups in total. The number of hydrogen-bond donors (Lipinski definition) is 1. The Hall–Kier alpha value is -3.02. The Bertz CT molecular complexity index is 957. The van der Waals surface area contributed by atoms with Gasteiger partial charge in [0.1, 0.15) is 18.1 Å². The summed E-state index contributed by atoms with van der Waals surface area (Å²) in [7, 11) is 0. The van der Waals surface area contributed by atoms with E-state index in [0.29, 0.717) is 33.7 Å². The Balaban J connectivity index is 1.43. The highest BCUT2D eigenvalue weighted by Crippen LogP contribution is 2.22. The molecule has 0 fully saturated rings. The predicted molar refractivity (Wildman–Crippen MR) is 115 cm³/mol. The lowest BCUT2D eigenvalue weighted by molar-refractivity contribution is -0.123. The number of hydrazone groups is 1. The van der Waals surface area contributed by atoms with Crippen LogP contribution >= 0.6 is 23.2 Å². The van der Waals surface area contributed by atoms with E-state index in [9.17, 15) is 4.79 Å². The number of benzene rings is 3. The number of halogens is 2. The van der Waals surface area contributed by atoms with Gasteiger partial charge < -0.3 is 9.47 Å². The molecule has 3 rings (SSSR count). The molecule has 0 aliphatic heterocycles. The third kappa shape index (κ3) is 6.52. The average molecular weight is 429 g/mol. The van der Waals surface area contributed by atoms with Gasteiger partial charge >= 0.3 is 0 Å². The molecule has 3 aromatic rings. The van der Waals surface area contributed by atoms with Crippen molar-refractivity contribution in [3.05, 3.63) is 94.0 Å². The first kappa shape index (κ1) is 20.7. The van der Waals surface area contributed by atoms with E-state index in [-0.39, 0.29) is 6.61 Å². The standard InChI is InChI=1S/C22H18Cl2N2O3/c23-20-7-4-8-21(24)19(20)13-25-26-22(27)15-29-18-11-9-17(10-12-18)28-14-16-5-2-1-3-6-16/h1-13H,14-15H2,(H,26,27)/b25-13-. The van der Waals surface area contributed by atoms with Crippen molar-refractivity contribution in [2.75, 3.05) is 6.61 Å². The summed E-state index contributed by atoms with van der Waals surface area (Å²) < 4.78 is 11.2. The number of hydrogen-bond acceptors (Lipinski definition) is 4. The van der Waals surface area contributed by atoms with Crippen molar-refractivity contribution in [1.82, 2.24) is 5.43 Å². The monoisotopic (exact) mass is 428 g/mol. The molecule has 0 saturated heterocycles. The fraction of sp³-hybridized carbons (Fsp3) is 0.0909. The van der Waals surface area contributed by atoms with Gasteiger partial charge in [-0.15, -0.1) is 0 Å². The lowest BCUT2D eigenvalue weighted by Gasteiger charge is -2.08. The van der Waals surface area contributed by atoms with Crippen LogP contribution in [0.4, 0.5) is 0 Å². The minimum absolute atomic E-state index is 0.183. The van der Waals surface area contributed by atoms with Crippen LogP contribution in [0.15, 0.2) is 77.9 Å². The van der Waals surface area contributed by atoms with E-state index in [4.69, 9.17) is 32.7 Å². The molecule has 0 aromatic heterocycles. The average Bonchev–Trinajstić information content (AvgIpc) is 2.74. The number of carbonyl (C=O) groups excluding carboxylic acids is 1. The van der Waals surface area contributed by atoms with Crippen molar-refractivity contribution in [3.63, 3.8) is 0 Å². The normalized spacial score (nSPS) is 10.7. The molecule has 29 heavy (non-hydrogen) atoms. The first-order valence-corrected chi connectivity index (χ1v) is 9.53. The van der Waals surface area contributed by atoms with Crippen LogP contribution in [0.5, 0.6) is 11.5 Å². The Morgan fingerprint density at radius 3 is 2.14 bits per heavy atom. The summed E-state index contributed by atoms with van der Waals surface area (Å²) in [5.41, 5.74) is 3.99. The molecule has 3 aromatic carbocycles. The third-order valence-electron chi connectivity index (χ3n) is 3.82. The van der Waals surface area contributed by atoms with Crippen LogP contribution in [0.2, 0.25) is 10.0 Å². The van der Waals surface area contributed by atoms with E-state index in [1.807, 2.05) is 30.3 Å². The van der Waals surface area contributed by atoms with Gasteiger partial charge in [0.15, 0.2) is 6.61 Å². The van der Waals surface area contributed by atoms with Crippen LogP contribution in [0.3, 0.4) is 0 Å². The maximum Gasteiger partial charge on any atom is 0.277 e. The minimum Gasteiger partial charge on any atom is -0.489 e. The van der Waals surface area contributed by atoms with E-state index in [1.54, 1.807) is 42.5 Å². The van der Waals surface area contributed by atoms with Gasteiger partial charge in [0.05, 0.1) is 16.3 Å². The molecule has 0 aliphatic rings. The summed E-state index contributed by atoms with van der Waals surface area (Å²) in [5, 5.41) is 4.74. The highest BCUT2D eigenvalue weighted by Gasteiger charge is 2.04. The second kappa shape index (κ2) is 10.5. The van der Waals surface area contributed by atoms with E-state index in [0.717, 1.165) is 5.56 Å². The van der Waals surface area contributed by atoms with Gasteiger partial charge in [0, 0.05) is 5.56 Å². The van der Waals surface area contributed by atoms with Crippen molar-refractivity contribution in [2.24, 2.45) is 5.10 Å². The first-order chi connectivity index (χ1) is 14.1. The summed E-state index contributed by atoms with van der Waals surface area (Å²) in [6, 6.07) is 22.0. The molecular formula is C22H18Cl2N2O3. The highest BCUT2D eigenvalue weighted by molar-refractivity contribution is 6.38. The van der Waals surface area contributed by atoms with Gasteiger partial charge in [0.25, 0.3) is 5.91 Å². The highest BCUT2D eigenvalue weighted by atomic mass is 35.5. The number of ether oxygens (including phenoxy) is 2. The Morgan fingerprint density at radius 1 is 0.862 bits per heavy atom. The molecule has 0 bridgehead atoms. The zero-order valence-electron chi connectivity index (χ0n) is 15.3. The van der Waals surface area contributed by atoms with E-state index in [2.05, 4.69) is 10.5 Å². The number of carbonyl (C=O) groups is 1. The maximum atomic E-state index is 11.9. The number of amides is 1. The minimum atomic E-state index is -0.408. The molecular weight excluding hydrogens is 411 g/mol. The maximum absolute atomic E-state index is 11.9. The van der Waals surface area contributed by atoms with Crippen LogP contribution in [0.1, 0.15) is 11.1 Å². The van der Waals surface area contributed by atoms with Crippen LogP contribution < -0.4 is 14.9 Å². The quantitative estimate of drug-likeness (QED) is 0.400. The summed E-state index contributed by atoms with van der Waals surface area (Å²) >= 11 is 12.1. The van der Waals surface area contributed by atoms with Gasteiger partial charge in [0.2, 0.25) is 0 Å². The largest absolute Gasteiger partial charge is 0.489 e. The van der Waals surface area contributed by atoms with Crippen LogP contribution in [0.25, 0.3) is 0 Å². The molecule has 1 amide bonds. The second-order valence-electron chi connectivity index (χ2n) is 5.96. The van der Waals surface area contributed by atoms with Crippen molar-refractivity contribution in [3.8, 4) is 11.5 Å². The molecule has 0 spiro atoms. The smallest absolute Gasteiger partial charge is 0.277 e. The SMILES string of the molecule is O=C(COc1ccc(OCc2ccccc2)cc1)N/N=C\c1c(Cl)cccc1Cl. The van der Waals surface area contributed by atoms with Crippen molar-refractivity contribution in [1.29, 1.82) is 0 Å². The zero-order valence-corrected chi connectivity index (χ0v) is 16.9. The lowest BCUT2D eigenvalue weighted by Crippen LogP contribution is -2.24. The van der Waals surface area contributed by atoms with E-state index in [1.165, 1.54) is 6.21 Å². The van der Waals surface area contributed by atoms with Crippen molar-refractivity contribution in [2.45, 2.75) is 6.61 Å². The first-order valence-electron chi connectivity index (χ1n) is 8.77. The number of nitrogens with one attached hydrogen (secondary N) is 1.